The molecule has 0 bridgehead atoms. The SMILES string of the molecule is O=C(NCc1ccc(F)cc1)c1ccc(N2CCCN(C(=O)c3ccccc3C(F)(F)F)C2)nc1. The Balaban J connectivity index is 1.40. The van der Waals surface area contributed by atoms with E-state index in [4.69, 9.17) is 0 Å². The molecule has 6 nitrogen and oxygen atoms in total. The molecule has 0 saturated carbocycles. The summed E-state index contributed by atoms with van der Waals surface area (Å²) in [6.07, 6.45) is -2.67. The topological polar surface area (TPSA) is 65.5 Å². The van der Waals surface area contributed by atoms with E-state index in [9.17, 15) is 27.2 Å². The largest absolute Gasteiger partial charge is 0.417 e. The van der Waals surface area contributed by atoms with Crippen LogP contribution in [0.1, 0.15) is 38.3 Å². The zero-order chi connectivity index (χ0) is 25.0. The number of nitrogens with one attached hydrogen (secondary N) is 1. The van der Waals surface area contributed by atoms with Crippen molar-refractivity contribution in [3.05, 3.63) is 94.9 Å². The van der Waals surface area contributed by atoms with E-state index in [-0.39, 0.29) is 30.5 Å². The molecule has 4 rings (SSSR count). The summed E-state index contributed by atoms with van der Waals surface area (Å²) in [5.74, 6) is -0.906. The normalized spacial score (nSPS) is 14.1. The van der Waals surface area contributed by atoms with Crippen LogP contribution in [0.25, 0.3) is 0 Å². The van der Waals surface area contributed by atoms with Crippen LogP contribution >= 0.6 is 0 Å². The highest BCUT2D eigenvalue weighted by molar-refractivity contribution is 5.96. The van der Waals surface area contributed by atoms with Crippen molar-refractivity contribution in [2.75, 3.05) is 24.7 Å². The first-order chi connectivity index (χ1) is 16.7. The Morgan fingerprint density at radius 1 is 0.971 bits per heavy atom. The highest BCUT2D eigenvalue weighted by Crippen LogP contribution is 2.32. The summed E-state index contributed by atoms with van der Waals surface area (Å²) >= 11 is 0. The lowest BCUT2D eigenvalue weighted by Gasteiger charge is -2.36. The fourth-order valence-electron chi connectivity index (χ4n) is 3.83. The van der Waals surface area contributed by atoms with Gasteiger partial charge in [-0.2, -0.15) is 13.2 Å². The molecule has 0 aliphatic carbocycles. The molecule has 2 aromatic carbocycles. The second-order valence-corrected chi connectivity index (χ2v) is 8.08. The van der Waals surface area contributed by atoms with Crippen molar-refractivity contribution >= 4 is 17.6 Å². The van der Waals surface area contributed by atoms with Crippen molar-refractivity contribution < 1.29 is 27.2 Å². The minimum atomic E-state index is -4.63. The van der Waals surface area contributed by atoms with Gasteiger partial charge >= 0.3 is 6.18 Å². The summed E-state index contributed by atoms with van der Waals surface area (Å²) in [5, 5.41) is 2.73. The van der Waals surface area contributed by atoms with Crippen molar-refractivity contribution in [1.29, 1.82) is 0 Å². The van der Waals surface area contributed by atoms with E-state index < -0.39 is 17.6 Å². The number of carbonyl (C=O) groups excluding carboxylic acids is 2. The fraction of sp³-hybridized carbons (Fsp3) is 0.240. The minimum absolute atomic E-state index is 0.0775. The predicted molar refractivity (Wildman–Crippen MR) is 121 cm³/mol. The van der Waals surface area contributed by atoms with Crippen molar-refractivity contribution in [3.8, 4) is 0 Å². The zero-order valence-electron chi connectivity index (χ0n) is 18.6. The van der Waals surface area contributed by atoms with E-state index in [1.54, 1.807) is 29.2 Å². The highest BCUT2D eigenvalue weighted by atomic mass is 19.4. The number of carbonyl (C=O) groups is 2. The van der Waals surface area contributed by atoms with Crippen LogP contribution in [0, 0.1) is 5.82 Å². The average Bonchev–Trinajstić information content (AvgIpc) is 2.87. The Labute approximate surface area is 199 Å². The van der Waals surface area contributed by atoms with E-state index in [0.29, 0.717) is 30.9 Å². The van der Waals surface area contributed by atoms with Gasteiger partial charge in [0.15, 0.2) is 0 Å². The molecular weight excluding hydrogens is 464 g/mol. The number of benzene rings is 2. The van der Waals surface area contributed by atoms with Crippen molar-refractivity contribution in [3.63, 3.8) is 0 Å². The molecule has 0 atom stereocenters. The second-order valence-electron chi connectivity index (χ2n) is 8.08. The first-order valence-electron chi connectivity index (χ1n) is 10.9. The van der Waals surface area contributed by atoms with Gasteiger partial charge < -0.3 is 15.1 Å². The maximum Gasteiger partial charge on any atom is 0.417 e. The monoisotopic (exact) mass is 486 g/mol. The molecule has 0 radical (unpaired) electrons. The van der Waals surface area contributed by atoms with Gasteiger partial charge in [0.2, 0.25) is 0 Å². The maximum absolute atomic E-state index is 13.3. The molecule has 1 saturated heterocycles. The van der Waals surface area contributed by atoms with Gasteiger partial charge in [-0.25, -0.2) is 9.37 Å². The Hall–Kier alpha value is -3.95. The first kappa shape index (κ1) is 24.2. The lowest BCUT2D eigenvalue weighted by atomic mass is 10.1. The van der Waals surface area contributed by atoms with Gasteiger partial charge in [-0.15, -0.1) is 0 Å². The quantitative estimate of drug-likeness (QED) is 0.541. The predicted octanol–water partition coefficient (Wildman–Crippen LogP) is 4.48. The number of hydrogen-bond donors (Lipinski definition) is 1. The van der Waals surface area contributed by atoms with Crippen LogP contribution in [0.5, 0.6) is 0 Å². The van der Waals surface area contributed by atoms with Crippen LogP contribution < -0.4 is 10.2 Å². The number of alkyl halides is 3. The molecule has 0 unspecified atom stereocenters. The summed E-state index contributed by atoms with van der Waals surface area (Å²) < 4.78 is 53.0. The summed E-state index contributed by atoms with van der Waals surface area (Å²) in [7, 11) is 0. The van der Waals surface area contributed by atoms with E-state index in [1.807, 2.05) is 0 Å². The molecule has 0 spiro atoms. The zero-order valence-corrected chi connectivity index (χ0v) is 18.6. The Morgan fingerprint density at radius 3 is 2.40 bits per heavy atom. The third-order valence-corrected chi connectivity index (χ3v) is 5.65. The molecule has 35 heavy (non-hydrogen) atoms. The van der Waals surface area contributed by atoms with Crippen molar-refractivity contribution in [1.82, 2.24) is 15.2 Å². The van der Waals surface area contributed by atoms with Crippen molar-refractivity contribution in [2.45, 2.75) is 19.1 Å². The lowest BCUT2D eigenvalue weighted by molar-refractivity contribution is -0.138. The molecule has 2 heterocycles. The minimum Gasteiger partial charge on any atom is -0.348 e. The Morgan fingerprint density at radius 2 is 1.71 bits per heavy atom. The van der Waals surface area contributed by atoms with Crippen LogP contribution in [-0.4, -0.2) is 41.5 Å². The smallest absolute Gasteiger partial charge is 0.348 e. The summed E-state index contributed by atoms with van der Waals surface area (Å²) in [4.78, 5) is 32.7. The third kappa shape index (κ3) is 5.76. The molecule has 1 aliphatic heterocycles. The molecule has 10 heteroatoms. The lowest BCUT2D eigenvalue weighted by Crippen LogP contribution is -2.48. The van der Waals surface area contributed by atoms with Crippen molar-refractivity contribution in [2.24, 2.45) is 0 Å². The van der Waals surface area contributed by atoms with E-state index in [1.165, 1.54) is 41.4 Å². The molecule has 1 N–H and O–H groups in total. The Kier molecular flexibility index (Phi) is 6.99. The van der Waals surface area contributed by atoms with E-state index in [0.717, 1.165) is 11.6 Å². The molecule has 1 fully saturated rings. The van der Waals surface area contributed by atoms with E-state index in [2.05, 4.69) is 10.3 Å². The van der Waals surface area contributed by atoms with Gasteiger partial charge in [0.1, 0.15) is 11.6 Å². The fourth-order valence-corrected chi connectivity index (χ4v) is 3.83. The number of hydrogen-bond acceptors (Lipinski definition) is 4. The molecular formula is C25H22F4N4O2. The molecule has 2 amide bonds. The van der Waals surface area contributed by atoms with Crippen LogP contribution in [0.15, 0.2) is 66.9 Å². The number of amides is 2. The summed E-state index contributed by atoms with van der Waals surface area (Å²) in [6.45, 7) is 1.19. The number of pyridine rings is 1. The summed E-state index contributed by atoms with van der Waals surface area (Å²) in [5.41, 5.74) is -0.284. The van der Waals surface area contributed by atoms with Crippen LogP contribution in [-0.2, 0) is 12.7 Å². The van der Waals surface area contributed by atoms with E-state index >= 15 is 0 Å². The second kappa shape index (κ2) is 10.1. The van der Waals surface area contributed by atoms with Gasteiger partial charge in [0, 0.05) is 25.8 Å². The van der Waals surface area contributed by atoms with Crippen LogP contribution in [0.4, 0.5) is 23.4 Å². The number of anilines is 1. The van der Waals surface area contributed by atoms with Crippen LogP contribution in [0.3, 0.4) is 0 Å². The summed E-state index contributed by atoms with van der Waals surface area (Å²) in [6, 6.07) is 13.7. The van der Waals surface area contributed by atoms with Gasteiger partial charge in [0.05, 0.1) is 23.4 Å². The average molecular weight is 486 g/mol. The maximum atomic E-state index is 13.3. The van der Waals surface area contributed by atoms with Gasteiger partial charge in [-0.3, -0.25) is 9.59 Å². The molecule has 3 aromatic rings. The molecule has 182 valence electrons. The first-order valence-corrected chi connectivity index (χ1v) is 10.9. The number of aromatic nitrogens is 1. The number of halogens is 4. The van der Waals surface area contributed by atoms with Crippen LogP contribution in [0.2, 0.25) is 0 Å². The Bertz CT molecular complexity index is 1200. The molecule has 1 aromatic heterocycles. The molecule has 1 aliphatic rings. The highest BCUT2D eigenvalue weighted by Gasteiger charge is 2.36. The van der Waals surface area contributed by atoms with Gasteiger partial charge in [0.25, 0.3) is 11.8 Å². The number of nitrogens with zero attached hydrogens (tertiary/aromatic N) is 3. The van der Waals surface area contributed by atoms with Gasteiger partial charge in [-0.05, 0) is 48.4 Å². The van der Waals surface area contributed by atoms with Gasteiger partial charge in [-0.1, -0.05) is 24.3 Å². The third-order valence-electron chi connectivity index (χ3n) is 5.65. The number of rotatable bonds is 5. The standard InChI is InChI=1S/C25H22F4N4O2/c26-19-9-6-17(7-10-19)14-31-23(34)18-8-11-22(30-15-18)32-12-3-13-33(16-32)24(35)20-4-1-2-5-21(20)25(27,28)29/h1-2,4-11,15H,3,12-14,16H2,(H,31,34).